The molecule has 2 fully saturated rings. The summed E-state index contributed by atoms with van der Waals surface area (Å²) in [5.74, 6) is 0.207. The van der Waals surface area contributed by atoms with Crippen molar-refractivity contribution >= 4 is 0 Å². The predicted molar refractivity (Wildman–Crippen MR) is 89.8 cm³/mol. The fourth-order valence-corrected chi connectivity index (χ4v) is 3.39. The summed E-state index contributed by atoms with van der Waals surface area (Å²) in [6.07, 6.45) is 2.52. The third-order valence-electron chi connectivity index (χ3n) is 4.55. The first-order valence-electron chi connectivity index (χ1n) is 8.78. The Bertz CT molecular complexity index is 544. The minimum absolute atomic E-state index is 0.00533. The molecule has 0 aromatic heterocycles. The van der Waals surface area contributed by atoms with Crippen LogP contribution < -0.4 is 4.74 Å². The first kappa shape index (κ1) is 17.7. The zero-order valence-corrected chi connectivity index (χ0v) is 15.0. The molecule has 2 saturated heterocycles. The van der Waals surface area contributed by atoms with Gasteiger partial charge in [-0.15, -0.1) is 0 Å². The van der Waals surface area contributed by atoms with Gasteiger partial charge in [0.15, 0.2) is 12.1 Å². The topological polar surface area (TPSA) is 46.2 Å². The van der Waals surface area contributed by atoms with Crippen molar-refractivity contribution in [2.75, 3.05) is 7.11 Å². The van der Waals surface area contributed by atoms with E-state index in [9.17, 15) is 0 Å². The van der Waals surface area contributed by atoms with E-state index in [-0.39, 0.29) is 24.6 Å². The minimum Gasteiger partial charge on any atom is -0.496 e. The fourth-order valence-electron chi connectivity index (χ4n) is 3.39. The Morgan fingerprint density at radius 2 is 1.96 bits per heavy atom. The first-order chi connectivity index (χ1) is 11.5. The van der Waals surface area contributed by atoms with E-state index in [2.05, 4.69) is 6.92 Å². The molecule has 2 heterocycles. The number of benzene rings is 1. The number of hydrogen-bond acceptors (Lipinski definition) is 5. The van der Waals surface area contributed by atoms with E-state index in [1.165, 1.54) is 0 Å². The van der Waals surface area contributed by atoms with E-state index in [4.69, 9.17) is 23.7 Å². The number of para-hydroxylation sites is 1. The average Bonchev–Trinajstić information content (AvgIpc) is 3.02. The van der Waals surface area contributed by atoms with E-state index in [0.29, 0.717) is 6.61 Å². The predicted octanol–water partition coefficient (Wildman–Crippen LogP) is 3.65. The Morgan fingerprint density at radius 3 is 2.71 bits per heavy atom. The molecule has 1 aromatic rings. The van der Waals surface area contributed by atoms with Gasteiger partial charge in [-0.3, -0.25) is 0 Å². The molecule has 5 heteroatoms. The maximum absolute atomic E-state index is 6.24. The van der Waals surface area contributed by atoms with Crippen LogP contribution in [0.4, 0.5) is 0 Å². The highest BCUT2D eigenvalue weighted by Gasteiger charge is 2.55. The van der Waals surface area contributed by atoms with Gasteiger partial charge in [0.1, 0.15) is 18.0 Å². The number of ether oxygens (including phenoxy) is 5. The second-order valence-electron chi connectivity index (χ2n) is 6.87. The molecule has 0 spiro atoms. The lowest BCUT2D eigenvalue weighted by molar-refractivity contribution is -0.219. The van der Waals surface area contributed by atoms with Gasteiger partial charge in [-0.25, -0.2) is 0 Å². The standard InChI is InChI=1S/C19H28O5/c1-5-6-10-15-16(17-18(22-15)24-19(2,3)23-17)21-12-13-9-7-8-11-14(13)20-4/h7-9,11,15-18H,5-6,10,12H2,1-4H3/t15-,16+,17-,18-/m1/s1. The maximum atomic E-state index is 6.24. The molecular formula is C19H28O5. The van der Waals surface area contributed by atoms with Gasteiger partial charge in [0.2, 0.25) is 0 Å². The van der Waals surface area contributed by atoms with Gasteiger partial charge in [0.05, 0.1) is 19.8 Å². The van der Waals surface area contributed by atoms with Gasteiger partial charge < -0.3 is 23.7 Å². The van der Waals surface area contributed by atoms with E-state index >= 15 is 0 Å². The molecule has 0 radical (unpaired) electrons. The van der Waals surface area contributed by atoms with Gasteiger partial charge in [-0.05, 0) is 26.3 Å². The molecule has 24 heavy (non-hydrogen) atoms. The molecule has 0 unspecified atom stereocenters. The highest BCUT2D eigenvalue weighted by Crippen LogP contribution is 2.40. The highest BCUT2D eigenvalue weighted by molar-refractivity contribution is 5.32. The molecular weight excluding hydrogens is 308 g/mol. The molecule has 0 amide bonds. The van der Waals surface area contributed by atoms with E-state index < -0.39 is 5.79 Å². The lowest BCUT2D eigenvalue weighted by Crippen LogP contribution is -2.36. The third kappa shape index (κ3) is 3.75. The summed E-state index contributed by atoms with van der Waals surface area (Å²) in [7, 11) is 1.67. The van der Waals surface area contributed by atoms with E-state index in [0.717, 1.165) is 30.6 Å². The van der Waals surface area contributed by atoms with Crippen molar-refractivity contribution in [2.24, 2.45) is 0 Å². The van der Waals surface area contributed by atoms with Crippen LogP contribution in [0.15, 0.2) is 24.3 Å². The summed E-state index contributed by atoms with van der Waals surface area (Å²) in [5.41, 5.74) is 1.02. The molecule has 3 rings (SSSR count). The van der Waals surface area contributed by atoms with Crippen LogP contribution in [0.25, 0.3) is 0 Å². The van der Waals surface area contributed by atoms with E-state index in [1.807, 2.05) is 38.1 Å². The van der Waals surface area contributed by atoms with Crippen LogP contribution in [0.3, 0.4) is 0 Å². The Kier molecular flexibility index (Phi) is 5.45. The molecule has 2 aliphatic rings. The molecule has 4 atom stereocenters. The molecule has 0 saturated carbocycles. The van der Waals surface area contributed by atoms with Crippen molar-refractivity contribution in [2.45, 2.75) is 77.0 Å². The molecule has 134 valence electrons. The van der Waals surface area contributed by atoms with Crippen LogP contribution in [-0.2, 0) is 25.6 Å². The molecule has 2 aliphatic heterocycles. The second-order valence-corrected chi connectivity index (χ2v) is 6.87. The van der Waals surface area contributed by atoms with Crippen molar-refractivity contribution < 1.29 is 23.7 Å². The lowest BCUT2D eigenvalue weighted by Gasteiger charge is -2.26. The summed E-state index contributed by atoms with van der Waals surface area (Å²) in [4.78, 5) is 0. The first-order valence-corrected chi connectivity index (χ1v) is 8.78. The number of rotatable bonds is 7. The number of unbranched alkanes of at least 4 members (excludes halogenated alkanes) is 1. The summed E-state index contributed by atoms with van der Waals surface area (Å²) in [6, 6.07) is 7.90. The van der Waals surface area contributed by atoms with Crippen LogP contribution in [0.5, 0.6) is 5.75 Å². The molecule has 1 aromatic carbocycles. The largest absolute Gasteiger partial charge is 0.496 e. The van der Waals surface area contributed by atoms with Crippen LogP contribution in [0, 0.1) is 0 Å². The normalized spacial score (nSPS) is 31.2. The van der Waals surface area contributed by atoms with Crippen LogP contribution in [0.2, 0.25) is 0 Å². The summed E-state index contributed by atoms with van der Waals surface area (Å²) in [5, 5.41) is 0. The molecule has 5 nitrogen and oxygen atoms in total. The SMILES string of the molecule is CCCC[C@H]1O[C@@H]2OC(C)(C)O[C@@H]2[C@H]1OCc1ccccc1OC. The summed E-state index contributed by atoms with van der Waals surface area (Å²) in [6.45, 7) is 6.46. The van der Waals surface area contributed by atoms with Gasteiger partial charge in [-0.1, -0.05) is 38.0 Å². The Hall–Kier alpha value is -1.14. The smallest absolute Gasteiger partial charge is 0.190 e. The number of hydrogen-bond donors (Lipinski definition) is 0. The van der Waals surface area contributed by atoms with E-state index in [1.54, 1.807) is 7.11 Å². The van der Waals surface area contributed by atoms with Crippen molar-refractivity contribution in [3.63, 3.8) is 0 Å². The fraction of sp³-hybridized carbons (Fsp3) is 0.684. The Labute approximate surface area is 144 Å². The molecule has 0 bridgehead atoms. The van der Waals surface area contributed by atoms with Crippen molar-refractivity contribution in [1.82, 2.24) is 0 Å². The van der Waals surface area contributed by atoms with Crippen molar-refractivity contribution in [3.05, 3.63) is 29.8 Å². The number of methoxy groups -OCH3 is 1. The Balaban J connectivity index is 1.69. The van der Waals surface area contributed by atoms with Crippen LogP contribution in [0.1, 0.15) is 45.6 Å². The van der Waals surface area contributed by atoms with Gasteiger partial charge in [-0.2, -0.15) is 0 Å². The second kappa shape index (κ2) is 7.40. The van der Waals surface area contributed by atoms with Crippen molar-refractivity contribution in [3.8, 4) is 5.75 Å². The minimum atomic E-state index is -0.628. The molecule has 0 N–H and O–H groups in total. The monoisotopic (exact) mass is 336 g/mol. The lowest BCUT2D eigenvalue weighted by atomic mass is 10.0. The average molecular weight is 336 g/mol. The summed E-state index contributed by atoms with van der Waals surface area (Å²) >= 11 is 0. The van der Waals surface area contributed by atoms with Gasteiger partial charge in [0.25, 0.3) is 0 Å². The van der Waals surface area contributed by atoms with Gasteiger partial charge >= 0.3 is 0 Å². The van der Waals surface area contributed by atoms with Crippen LogP contribution in [-0.4, -0.2) is 37.5 Å². The Morgan fingerprint density at radius 1 is 1.17 bits per heavy atom. The quantitative estimate of drug-likeness (QED) is 0.760. The zero-order chi connectivity index (χ0) is 17.2. The maximum Gasteiger partial charge on any atom is 0.190 e. The van der Waals surface area contributed by atoms with Crippen LogP contribution >= 0.6 is 0 Å². The highest BCUT2D eigenvalue weighted by atomic mass is 16.8. The summed E-state index contributed by atoms with van der Waals surface area (Å²) < 4.78 is 29.6. The molecule has 0 aliphatic carbocycles. The zero-order valence-electron chi connectivity index (χ0n) is 15.0. The third-order valence-corrected chi connectivity index (χ3v) is 4.55. The number of fused-ring (bicyclic) bond motifs is 1. The van der Waals surface area contributed by atoms with Crippen molar-refractivity contribution in [1.29, 1.82) is 0 Å². The van der Waals surface area contributed by atoms with Gasteiger partial charge in [0, 0.05) is 5.56 Å².